The maximum Gasteiger partial charge on any atom is 0.261 e. The van der Waals surface area contributed by atoms with E-state index in [4.69, 9.17) is 0 Å². The third kappa shape index (κ3) is 3.53. The summed E-state index contributed by atoms with van der Waals surface area (Å²) in [5.41, 5.74) is 2.25. The van der Waals surface area contributed by atoms with Crippen LogP contribution in [0.5, 0.6) is 0 Å². The van der Waals surface area contributed by atoms with Crippen molar-refractivity contribution in [3.8, 4) is 0 Å². The highest BCUT2D eigenvalue weighted by Crippen LogP contribution is 2.22. The number of amides is 2. The van der Waals surface area contributed by atoms with Crippen molar-refractivity contribution in [1.29, 1.82) is 0 Å². The third-order valence-electron chi connectivity index (χ3n) is 3.69. The largest absolute Gasteiger partial charge is 0.334 e. The second-order valence-corrected chi connectivity index (χ2v) is 6.02. The monoisotopic (exact) mass is 340 g/mol. The van der Waals surface area contributed by atoms with E-state index in [1.807, 2.05) is 31.9 Å². The second kappa shape index (κ2) is 6.78. The number of anilines is 2. The molecular formula is C17H20N6O2. The molecular weight excluding hydrogens is 320 g/mol. The fourth-order valence-electron chi connectivity index (χ4n) is 2.58. The molecule has 25 heavy (non-hydrogen) atoms. The number of aryl methyl sites for hydroxylation is 1. The molecule has 3 aromatic rings. The van der Waals surface area contributed by atoms with E-state index in [1.54, 1.807) is 39.9 Å². The molecule has 2 heterocycles. The summed E-state index contributed by atoms with van der Waals surface area (Å²) in [6.45, 7) is 0.260. The average Bonchev–Trinajstić information content (AvgIpc) is 3.12. The molecule has 2 aromatic heterocycles. The summed E-state index contributed by atoms with van der Waals surface area (Å²) in [6, 6.07) is 7.09. The molecule has 3 rings (SSSR count). The van der Waals surface area contributed by atoms with Crippen LogP contribution in [0.2, 0.25) is 0 Å². The highest BCUT2D eigenvalue weighted by atomic mass is 16.2. The zero-order valence-corrected chi connectivity index (χ0v) is 14.4. The van der Waals surface area contributed by atoms with Crippen molar-refractivity contribution < 1.29 is 9.59 Å². The van der Waals surface area contributed by atoms with Crippen LogP contribution in [-0.2, 0) is 11.8 Å². The summed E-state index contributed by atoms with van der Waals surface area (Å²) in [7, 11) is 5.49. The first-order valence-electron chi connectivity index (χ1n) is 7.79. The van der Waals surface area contributed by atoms with Gasteiger partial charge in [0.2, 0.25) is 5.91 Å². The molecule has 0 saturated carbocycles. The van der Waals surface area contributed by atoms with E-state index in [0.29, 0.717) is 22.6 Å². The molecule has 0 bridgehead atoms. The SMILES string of the molecule is CN(C)CC(=O)Nc1ccccc1NC(=O)c1cnn2ccn(C)c12. The summed E-state index contributed by atoms with van der Waals surface area (Å²) in [4.78, 5) is 26.4. The van der Waals surface area contributed by atoms with E-state index >= 15 is 0 Å². The molecule has 0 fully saturated rings. The Bertz CT molecular complexity index is 924. The van der Waals surface area contributed by atoms with E-state index < -0.39 is 0 Å². The predicted molar refractivity (Wildman–Crippen MR) is 95.7 cm³/mol. The molecule has 0 saturated heterocycles. The standard InChI is InChI=1S/C17H20N6O2/c1-21(2)11-15(24)19-13-6-4-5-7-14(13)20-16(25)12-10-18-23-9-8-22(3)17(12)23/h4-10H,11H2,1-3H3,(H,19,24)(H,20,25). The summed E-state index contributed by atoms with van der Waals surface area (Å²) >= 11 is 0. The molecule has 0 aliphatic heterocycles. The van der Waals surface area contributed by atoms with Gasteiger partial charge in [-0.05, 0) is 26.2 Å². The van der Waals surface area contributed by atoms with E-state index in [0.717, 1.165) is 0 Å². The quantitative estimate of drug-likeness (QED) is 0.736. The van der Waals surface area contributed by atoms with E-state index in [-0.39, 0.29) is 18.4 Å². The first-order valence-corrected chi connectivity index (χ1v) is 7.79. The molecule has 0 unspecified atom stereocenters. The lowest BCUT2D eigenvalue weighted by atomic mass is 10.2. The van der Waals surface area contributed by atoms with Gasteiger partial charge in [0.1, 0.15) is 11.2 Å². The molecule has 2 N–H and O–H groups in total. The van der Waals surface area contributed by atoms with Crippen molar-refractivity contribution in [2.24, 2.45) is 7.05 Å². The van der Waals surface area contributed by atoms with Gasteiger partial charge in [0.25, 0.3) is 5.91 Å². The Morgan fingerprint density at radius 1 is 1.12 bits per heavy atom. The number of aromatic nitrogens is 3. The van der Waals surface area contributed by atoms with Gasteiger partial charge in [-0.15, -0.1) is 0 Å². The third-order valence-corrected chi connectivity index (χ3v) is 3.69. The van der Waals surface area contributed by atoms with Crippen molar-refractivity contribution >= 4 is 28.8 Å². The summed E-state index contributed by atoms with van der Waals surface area (Å²) < 4.78 is 3.46. The maximum absolute atomic E-state index is 12.7. The number of carbonyl (C=O) groups is 2. The molecule has 0 spiro atoms. The number of nitrogens with zero attached hydrogens (tertiary/aromatic N) is 4. The van der Waals surface area contributed by atoms with Crippen LogP contribution >= 0.6 is 0 Å². The number of benzene rings is 1. The van der Waals surface area contributed by atoms with Crippen molar-refractivity contribution in [2.45, 2.75) is 0 Å². The van der Waals surface area contributed by atoms with Crippen LogP contribution in [-0.4, -0.2) is 51.5 Å². The van der Waals surface area contributed by atoms with Gasteiger partial charge in [-0.3, -0.25) is 9.59 Å². The van der Waals surface area contributed by atoms with Crippen LogP contribution in [0.15, 0.2) is 42.9 Å². The minimum Gasteiger partial charge on any atom is -0.334 e. The Morgan fingerprint density at radius 2 is 1.80 bits per heavy atom. The zero-order valence-electron chi connectivity index (χ0n) is 14.4. The normalized spacial score (nSPS) is 11.0. The Hall–Kier alpha value is -3.13. The van der Waals surface area contributed by atoms with Crippen LogP contribution < -0.4 is 10.6 Å². The Morgan fingerprint density at radius 3 is 2.48 bits per heavy atom. The zero-order chi connectivity index (χ0) is 18.0. The lowest BCUT2D eigenvalue weighted by Crippen LogP contribution is -2.27. The first-order chi connectivity index (χ1) is 12.0. The highest BCUT2D eigenvalue weighted by molar-refractivity contribution is 6.10. The number of fused-ring (bicyclic) bond motifs is 1. The fourth-order valence-corrected chi connectivity index (χ4v) is 2.58. The van der Waals surface area contributed by atoms with Crippen molar-refractivity contribution in [3.63, 3.8) is 0 Å². The van der Waals surface area contributed by atoms with Crippen LogP contribution in [0, 0.1) is 0 Å². The van der Waals surface area contributed by atoms with Gasteiger partial charge in [0, 0.05) is 19.4 Å². The molecule has 130 valence electrons. The smallest absolute Gasteiger partial charge is 0.261 e. The van der Waals surface area contributed by atoms with Crippen molar-refractivity contribution in [1.82, 2.24) is 19.1 Å². The minimum atomic E-state index is -0.286. The molecule has 0 aliphatic carbocycles. The van der Waals surface area contributed by atoms with Gasteiger partial charge < -0.3 is 20.1 Å². The second-order valence-electron chi connectivity index (χ2n) is 6.02. The van der Waals surface area contributed by atoms with Crippen LogP contribution in [0.25, 0.3) is 5.65 Å². The summed E-state index contributed by atoms with van der Waals surface area (Å²) in [5, 5.41) is 9.83. The van der Waals surface area contributed by atoms with E-state index in [9.17, 15) is 9.59 Å². The fraction of sp³-hybridized carbons (Fsp3) is 0.235. The molecule has 2 amide bonds. The minimum absolute atomic E-state index is 0.151. The number of likely N-dealkylation sites (N-methyl/N-ethyl adjacent to an activating group) is 1. The van der Waals surface area contributed by atoms with Gasteiger partial charge in [0.05, 0.1) is 24.1 Å². The van der Waals surface area contributed by atoms with Gasteiger partial charge in [-0.2, -0.15) is 5.10 Å². The van der Waals surface area contributed by atoms with E-state index in [1.165, 1.54) is 6.20 Å². The van der Waals surface area contributed by atoms with Gasteiger partial charge in [0.15, 0.2) is 0 Å². The molecule has 1 aromatic carbocycles. The van der Waals surface area contributed by atoms with Crippen LogP contribution in [0.4, 0.5) is 11.4 Å². The molecule has 8 nitrogen and oxygen atoms in total. The van der Waals surface area contributed by atoms with Crippen molar-refractivity contribution in [2.75, 3.05) is 31.3 Å². The number of para-hydroxylation sites is 2. The van der Waals surface area contributed by atoms with Crippen molar-refractivity contribution in [3.05, 3.63) is 48.4 Å². The first kappa shape index (κ1) is 16.7. The summed E-state index contributed by atoms with van der Waals surface area (Å²) in [5.74, 6) is -0.437. The number of nitrogens with one attached hydrogen (secondary N) is 2. The number of imidazole rings is 1. The predicted octanol–water partition coefficient (Wildman–Crippen LogP) is 1.43. The Kier molecular flexibility index (Phi) is 4.53. The summed E-state index contributed by atoms with van der Waals surface area (Å²) in [6.07, 6.45) is 5.13. The molecule has 0 aliphatic rings. The topological polar surface area (TPSA) is 83.7 Å². The lowest BCUT2D eigenvalue weighted by molar-refractivity contribution is -0.116. The number of carbonyl (C=O) groups excluding carboxylic acids is 2. The average molecular weight is 340 g/mol. The lowest BCUT2D eigenvalue weighted by Gasteiger charge is -2.14. The van der Waals surface area contributed by atoms with Crippen LogP contribution in [0.3, 0.4) is 0 Å². The molecule has 0 radical (unpaired) electrons. The highest BCUT2D eigenvalue weighted by Gasteiger charge is 2.17. The van der Waals surface area contributed by atoms with Gasteiger partial charge in [-0.25, -0.2) is 4.52 Å². The van der Waals surface area contributed by atoms with Gasteiger partial charge in [-0.1, -0.05) is 12.1 Å². The van der Waals surface area contributed by atoms with E-state index in [2.05, 4.69) is 15.7 Å². The van der Waals surface area contributed by atoms with Gasteiger partial charge >= 0.3 is 0 Å². The maximum atomic E-state index is 12.7. The number of rotatable bonds is 5. The molecule has 8 heteroatoms. The Balaban J connectivity index is 1.82. The number of hydrogen-bond acceptors (Lipinski definition) is 4. The number of hydrogen-bond donors (Lipinski definition) is 2. The Labute approximate surface area is 145 Å². The van der Waals surface area contributed by atoms with Crippen LogP contribution in [0.1, 0.15) is 10.4 Å². The molecule has 0 atom stereocenters.